The number of rotatable bonds is 9. The van der Waals surface area contributed by atoms with Gasteiger partial charge < -0.3 is 14.8 Å². The summed E-state index contributed by atoms with van der Waals surface area (Å²) in [5.41, 5.74) is 0.440. The largest absolute Gasteiger partial charge is 0.497 e. The molecule has 0 saturated heterocycles. The summed E-state index contributed by atoms with van der Waals surface area (Å²) in [6.45, 7) is 3.59. The summed E-state index contributed by atoms with van der Waals surface area (Å²) in [4.78, 5) is 12.6. The van der Waals surface area contributed by atoms with Crippen molar-refractivity contribution in [3.63, 3.8) is 0 Å². The molecule has 2 aromatic carbocycles. The molecule has 0 aliphatic rings. The Labute approximate surface area is 166 Å². The van der Waals surface area contributed by atoms with Crippen molar-refractivity contribution in [3.8, 4) is 11.5 Å². The van der Waals surface area contributed by atoms with Gasteiger partial charge in [0.1, 0.15) is 24.1 Å². The number of carbonyl (C=O) groups is 1. The first-order valence-electron chi connectivity index (χ1n) is 8.84. The number of ether oxygens (including phenoxy) is 2. The van der Waals surface area contributed by atoms with Gasteiger partial charge in [-0.15, -0.1) is 0 Å². The normalized spacial score (nSPS) is 13.3. The van der Waals surface area contributed by atoms with E-state index in [-0.39, 0.29) is 12.6 Å². The third-order valence-electron chi connectivity index (χ3n) is 4.05. The predicted molar refractivity (Wildman–Crippen MR) is 109 cm³/mol. The lowest BCUT2D eigenvalue weighted by molar-refractivity contribution is -0.122. The second kappa shape index (κ2) is 9.45. The average molecular weight is 407 g/mol. The fourth-order valence-corrected chi connectivity index (χ4v) is 3.86. The molecule has 0 aliphatic carbocycles. The van der Waals surface area contributed by atoms with E-state index in [9.17, 15) is 13.2 Å². The van der Waals surface area contributed by atoms with Crippen molar-refractivity contribution in [2.75, 3.05) is 24.3 Å². The maximum Gasteiger partial charge on any atom is 0.243 e. The van der Waals surface area contributed by atoms with Gasteiger partial charge in [0.15, 0.2) is 0 Å². The van der Waals surface area contributed by atoms with Gasteiger partial charge in [-0.1, -0.05) is 18.2 Å². The summed E-state index contributed by atoms with van der Waals surface area (Å²) in [6, 6.07) is 14.4. The molecule has 2 aromatic rings. The van der Waals surface area contributed by atoms with Crippen molar-refractivity contribution in [1.82, 2.24) is 5.32 Å². The van der Waals surface area contributed by atoms with Gasteiger partial charge in [-0.3, -0.25) is 9.10 Å². The third-order valence-corrected chi connectivity index (χ3v) is 5.29. The molecule has 0 saturated carbocycles. The van der Waals surface area contributed by atoms with E-state index in [1.807, 2.05) is 0 Å². The lowest BCUT2D eigenvalue weighted by atomic mass is 10.2. The number of hydrogen-bond donors (Lipinski definition) is 1. The molecule has 28 heavy (non-hydrogen) atoms. The molecule has 1 amide bonds. The predicted octanol–water partition coefficient (Wildman–Crippen LogP) is 2.43. The molecule has 1 N–H and O–H groups in total. The Morgan fingerprint density at radius 1 is 1.04 bits per heavy atom. The number of anilines is 1. The molecular weight excluding hydrogens is 380 g/mol. The van der Waals surface area contributed by atoms with E-state index in [2.05, 4.69) is 5.32 Å². The Hall–Kier alpha value is -2.74. The molecular formula is C20H26N2O5S. The molecule has 2 rings (SSSR count). The van der Waals surface area contributed by atoms with Gasteiger partial charge in [-0.25, -0.2) is 8.42 Å². The highest BCUT2D eigenvalue weighted by Crippen LogP contribution is 2.20. The number of carbonyl (C=O) groups excluding carboxylic acids is 1. The van der Waals surface area contributed by atoms with Gasteiger partial charge in [0.25, 0.3) is 0 Å². The van der Waals surface area contributed by atoms with Crippen LogP contribution in [0, 0.1) is 0 Å². The van der Waals surface area contributed by atoms with E-state index >= 15 is 0 Å². The van der Waals surface area contributed by atoms with Crippen LogP contribution in [0.2, 0.25) is 0 Å². The van der Waals surface area contributed by atoms with Crippen LogP contribution in [0.4, 0.5) is 5.69 Å². The minimum Gasteiger partial charge on any atom is -0.497 e. The summed E-state index contributed by atoms with van der Waals surface area (Å²) in [5.74, 6) is 0.974. The van der Waals surface area contributed by atoms with Crippen LogP contribution >= 0.6 is 0 Å². The number of methoxy groups -OCH3 is 1. The SMILES string of the molecule is COc1ccc(OC[C@@H](C)NC(=O)[C@H](C)N(c2ccccc2)S(C)(=O)=O)cc1. The van der Waals surface area contributed by atoms with Crippen LogP contribution < -0.4 is 19.1 Å². The number of sulfonamides is 1. The van der Waals surface area contributed by atoms with E-state index in [0.29, 0.717) is 11.4 Å². The highest BCUT2D eigenvalue weighted by atomic mass is 32.2. The van der Waals surface area contributed by atoms with Crippen LogP contribution in [0.1, 0.15) is 13.8 Å². The van der Waals surface area contributed by atoms with Crippen molar-refractivity contribution >= 4 is 21.6 Å². The zero-order valence-electron chi connectivity index (χ0n) is 16.5. The Kier molecular flexibility index (Phi) is 7.28. The van der Waals surface area contributed by atoms with Gasteiger partial charge in [0.2, 0.25) is 15.9 Å². The minimum atomic E-state index is -3.63. The summed E-state index contributed by atoms with van der Waals surface area (Å²) in [5, 5.41) is 2.80. The first kappa shape index (κ1) is 21.6. The van der Waals surface area contributed by atoms with Crippen LogP contribution in [0.3, 0.4) is 0 Å². The molecule has 0 bridgehead atoms. The topological polar surface area (TPSA) is 84.9 Å². The molecule has 152 valence electrons. The number of para-hydroxylation sites is 1. The highest BCUT2D eigenvalue weighted by Gasteiger charge is 2.29. The number of amides is 1. The Morgan fingerprint density at radius 3 is 2.14 bits per heavy atom. The molecule has 0 fully saturated rings. The molecule has 7 nitrogen and oxygen atoms in total. The summed E-state index contributed by atoms with van der Waals surface area (Å²) in [6.07, 6.45) is 1.08. The van der Waals surface area contributed by atoms with Gasteiger partial charge >= 0.3 is 0 Å². The molecule has 0 unspecified atom stereocenters. The summed E-state index contributed by atoms with van der Waals surface area (Å²) >= 11 is 0. The summed E-state index contributed by atoms with van der Waals surface area (Å²) < 4.78 is 36.3. The van der Waals surface area contributed by atoms with Crippen molar-refractivity contribution in [2.45, 2.75) is 25.9 Å². The van der Waals surface area contributed by atoms with E-state index in [1.165, 1.54) is 0 Å². The first-order valence-corrected chi connectivity index (χ1v) is 10.7. The van der Waals surface area contributed by atoms with E-state index in [1.54, 1.807) is 75.6 Å². The average Bonchev–Trinajstić information content (AvgIpc) is 2.66. The number of benzene rings is 2. The van der Waals surface area contributed by atoms with Crippen LogP contribution in [0.25, 0.3) is 0 Å². The quantitative estimate of drug-likeness (QED) is 0.691. The highest BCUT2D eigenvalue weighted by molar-refractivity contribution is 7.92. The monoisotopic (exact) mass is 406 g/mol. The van der Waals surface area contributed by atoms with Crippen LogP contribution in [-0.4, -0.2) is 46.4 Å². The minimum absolute atomic E-state index is 0.245. The molecule has 2 atom stereocenters. The summed E-state index contributed by atoms with van der Waals surface area (Å²) in [7, 11) is -2.04. The lowest BCUT2D eigenvalue weighted by Gasteiger charge is -2.29. The Morgan fingerprint density at radius 2 is 1.61 bits per heavy atom. The number of nitrogens with one attached hydrogen (secondary N) is 1. The zero-order valence-corrected chi connectivity index (χ0v) is 17.3. The van der Waals surface area contributed by atoms with Crippen molar-refractivity contribution in [1.29, 1.82) is 0 Å². The maximum absolute atomic E-state index is 12.6. The molecule has 0 aliphatic heterocycles. The molecule has 8 heteroatoms. The van der Waals surface area contributed by atoms with E-state index in [0.717, 1.165) is 16.3 Å². The first-order chi connectivity index (χ1) is 13.2. The van der Waals surface area contributed by atoms with Crippen molar-refractivity contribution in [2.24, 2.45) is 0 Å². The lowest BCUT2D eigenvalue weighted by Crippen LogP contribution is -2.50. The standard InChI is InChI=1S/C20H26N2O5S/c1-15(14-27-19-12-10-18(26-3)11-13-19)21-20(23)16(2)22(28(4,24)25)17-8-6-5-7-9-17/h5-13,15-16H,14H2,1-4H3,(H,21,23)/t15-,16+/m1/s1. The zero-order chi connectivity index (χ0) is 20.7. The van der Waals surface area contributed by atoms with Crippen LogP contribution in [0.5, 0.6) is 11.5 Å². The fraction of sp³-hybridized carbons (Fsp3) is 0.350. The Balaban J connectivity index is 1.99. The van der Waals surface area contributed by atoms with Crippen molar-refractivity contribution in [3.05, 3.63) is 54.6 Å². The molecule has 0 heterocycles. The van der Waals surface area contributed by atoms with E-state index in [4.69, 9.17) is 9.47 Å². The molecule has 0 spiro atoms. The molecule has 0 radical (unpaired) electrons. The maximum atomic E-state index is 12.6. The molecule has 0 aromatic heterocycles. The van der Waals surface area contributed by atoms with Crippen LogP contribution in [0.15, 0.2) is 54.6 Å². The Bertz CT molecular complexity index is 869. The second-order valence-electron chi connectivity index (χ2n) is 6.47. The van der Waals surface area contributed by atoms with Gasteiger partial charge in [0, 0.05) is 0 Å². The van der Waals surface area contributed by atoms with Gasteiger partial charge in [0.05, 0.1) is 25.1 Å². The van der Waals surface area contributed by atoms with Crippen LogP contribution in [-0.2, 0) is 14.8 Å². The third kappa shape index (κ3) is 5.88. The van der Waals surface area contributed by atoms with Gasteiger partial charge in [-0.2, -0.15) is 0 Å². The fourth-order valence-electron chi connectivity index (χ4n) is 2.68. The van der Waals surface area contributed by atoms with Gasteiger partial charge in [-0.05, 0) is 50.2 Å². The van der Waals surface area contributed by atoms with E-state index < -0.39 is 22.0 Å². The second-order valence-corrected chi connectivity index (χ2v) is 8.33. The smallest absolute Gasteiger partial charge is 0.243 e. The number of nitrogens with zero attached hydrogens (tertiary/aromatic N) is 1. The number of hydrogen-bond acceptors (Lipinski definition) is 5. The van der Waals surface area contributed by atoms with Crippen molar-refractivity contribution < 1.29 is 22.7 Å².